The van der Waals surface area contributed by atoms with Crippen molar-refractivity contribution < 1.29 is 18.7 Å². The molecule has 0 amide bonds. The average molecular weight is 484 g/mol. The molecule has 0 atom stereocenters. The highest BCUT2D eigenvalue weighted by Crippen LogP contribution is 2.24. The molecule has 1 aliphatic rings. The minimum atomic E-state index is -0.340. The Bertz CT molecular complexity index is 1130. The van der Waals surface area contributed by atoms with Gasteiger partial charge in [-0.15, -0.1) is 0 Å². The van der Waals surface area contributed by atoms with Crippen LogP contribution in [-0.4, -0.2) is 66.0 Å². The fourth-order valence-corrected chi connectivity index (χ4v) is 4.43. The maximum Gasteiger partial charge on any atom is 0.320 e. The van der Waals surface area contributed by atoms with Gasteiger partial charge in [-0.25, -0.2) is 14.4 Å². The van der Waals surface area contributed by atoms with Gasteiger partial charge in [-0.1, -0.05) is 23.5 Å². The predicted molar refractivity (Wildman–Crippen MR) is 129 cm³/mol. The van der Waals surface area contributed by atoms with Gasteiger partial charge in [-0.05, 0) is 36.8 Å². The van der Waals surface area contributed by atoms with Gasteiger partial charge in [0, 0.05) is 44.5 Å². The van der Waals surface area contributed by atoms with E-state index in [4.69, 9.17) is 4.74 Å². The van der Waals surface area contributed by atoms with Crippen LogP contribution in [0.4, 0.5) is 21.0 Å². The Balaban J connectivity index is 1.28. The summed E-state index contributed by atoms with van der Waals surface area (Å²) in [5.41, 5.74) is 1.40. The summed E-state index contributed by atoms with van der Waals surface area (Å²) in [6, 6.07) is 9.92. The van der Waals surface area contributed by atoms with Crippen molar-refractivity contribution in [2.75, 3.05) is 49.5 Å². The zero-order valence-corrected chi connectivity index (χ0v) is 19.7. The van der Waals surface area contributed by atoms with E-state index in [1.165, 1.54) is 29.7 Å². The molecule has 2 aromatic heterocycles. The van der Waals surface area contributed by atoms with Crippen LogP contribution in [0.15, 0.2) is 48.8 Å². The minimum Gasteiger partial charge on any atom is -0.465 e. The number of halogens is 1. The van der Waals surface area contributed by atoms with Gasteiger partial charge in [0.2, 0.25) is 0 Å². The summed E-state index contributed by atoms with van der Waals surface area (Å²) >= 11 is 1.23. The molecule has 1 aromatic carbocycles. The number of nitrogens with one attached hydrogen (secondary N) is 1. The summed E-state index contributed by atoms with van der Waals surface area (Å²) < 4.78 is 18.4. The number of piperazine rings is 1. The van der Waals surface area contributed by atoms with Crippen LogP contribution in [0.5, 0.6) is 0 Å². The van der Waals surface area contributed by atoms with E-state index < -0.39 is 0 Å². The first kappa shape index (κ1) is 23.8. The van der Waals surface area contributed by atoms with E-state index in [-0.39, 0.29) is 24.0 Å². The van der Waals surface area contributed by atoms with Gasteiger partial charge >= 0.3 is 5.97 Å². The van der Waals surface area contributed by atoms with E-state index in [2.05, 4.69) is 25.1 Å². The third-order valence-corrected chi connectivity index (χ3v) is 6.34. The first-order valence-electron chi connectivity index (χ1n) is 11.1. The molecule has 1 aliphatic heterocycles. The smallest absolute Gasteiger partial charge is 0.320 e. The highest BCUT2D eigenvalue weighted by atomic mass is 32.1. The second-order valence-corrected chi connectivity index (χ2v) is 8.89. The molecule has 0 radical (unpaired) electrons. The molecule has 0 unspecified atom stereocenters. The standard InChI is InChI=1S/C24H26FN5O3S/c1-2-33-23(32)16-29-8-10-30(11-9-29)22-7-6-17(14-26-22)12-20(31)21-15-27-24(34-21)28-19-5-3-4-18(25)13-19/h3-7,13-15H,2,8-12,16H2,1H3,(H,27,28). The lowest BCUT2D eigenvalue weighted by Crippen LogP contribution is -2.48. The molecule has 34 heavy (non-hydrogen) atoms. The highest BCUT2D eigenvalue weighted by molar-refractivity contribution is 7.17. The molecule has 0 saturated carbocycles. The number of Topliss-reactive ketones (excluding diaryl/α,β-unsaturated/α-hetero) is 1. The second kappa shape index (κ2) is 11.2. The highest BCUT2D eigenvalue weighted by Gasteiger charge is 2.20. The summed E-state index contributed by atoms with van der Waals surface area (Å²) in [5.74, 6) is 0.270. The number of esters is 1. The van der Waals surface area contributed by atoms with Crippen molar-refractivity contribution in [3.05, 3.63) is 65.0 Å². The molecule has 3 heterocycles. The van der Waals surface area contributed by atoms with Crippen molar-refractivity contribution in [3.8, 4) is 0 Å². The monoisotopic (exact) mass is 483 g/mol. The number of carbonyl (C=O) groups excluding carboxylic acids is 2. The van der Waals surface area contributed by atoms with Crippen LogP contribution < -0.4 is 10.2 Å². The fourth-order valence-electron chi connectivity index (χ4n) is 3.66. The SMILES string of the molecule is CCOC(=O)CN1CCN(c2ccc(CC(=O)c3cnc(Nc4cccc(F)c4)s3)cn2)CC1. The molecule has 3 aromatic rings. The Morgan fingerprint density at radius 3 is 2.65 bits per heavy atom. The fraction of sp³-hybridized carbons (Fsp3) is 0.333. The van der Waals surface area contributed by atoms with Gasteiger partial charge < -0.3 is 15.0 Å². The lowest BCUT2D eigenvalue weighted by atomic mass is 10.1. The molecular weight excluding hydrogens is 457 g/mol. The molecule has 0 bridgehead atoms. The van der Waals surface area contributed by atoms with Crippen LogP contribution in [0.1, 0.15) is 22.2 Å². The lowest BCUT2D eigenvalue weighted by molar-refractivity contribution is -0.144. The molecule has 0 aliphatic carbocycles. The van der Waals surface area contributed by atoms with Crippen LogP contribution in [0.3, 0.4) is 0 Å². The van der Waals surface area contributed by atoms with Crippen molar-refractivity contribution in [2.24, 2.45) is 0 Å². The van der Waals surface area contributed by atoms with Crippen molar-refractivity contribution in [2.45, 2.75) is 13.3 Å². The Morgan fingerprint density at radius 2 is 1.94 bits per heavy atom. The number of nitrogens with zero attached hydrogens (tertiary/aromatic N) is 4. The molecule has 4 rings (SSSR count). The summed E-state index contributed by atoms with van der Waals surface area (Å²) in [4.78, 5) is 37.9. The number of pyridine rings is 1. The summed E-state index contributed by atoms with van der Waals surface area (Å²) in [6.07, 6.45) is 3.49. The summed E-state index contributed by atoms with van der Waals surface area (Å²) in [7, 11) is 0. The van der Waals surface area contributed by atoms with Gasteiger partial charge in [0.15, 0.2) is 10.9 Å². The number of aromatic nitrogens is 2. The van der Waals surface area contributed by atoms with E-state index in [1.807, 2.05) is 12.1 Å². The van der Waals surface area contributed by atoms with E-state index in [0.29, 0.717) is 28.8 Å². The Hall–Kier alpha value is -3.37. The zero-order valence-electron chi connectivity index (χ0n) is 18.9. The number of ether oxygens (including phenoxy) is 1. The number of carbonyl (C=O) groups is 2. The van der Waals surface area contributed by atoms with Crippen LogP contribution in [-0.2, 0) is 16.0 Å². The van der Waals surface area contributed by atoms with Gasteiger partial charge in [0.1, 0.15) is 11.6 Å². The van der Waals surface area contributed by atoms with Crippen LogP contribution in [0, 0.1) is 5.82 Å². The summed E-state index contributed by atoms with van der Waals surface area (Å²) in [5, 5.41) is 3.55. The average Bonchev–Trinajstić information content (AvgIpc) is 3.29. The molecule has 10 heteroatoms. The number of ketones is 1. The van der Waals surface area contributed by atoms with Crippen molar-refractivity contribution in [3.63, 3.8) is 0 Å². The molecule has 1 saturated heterocycles. The van der Waals surface area contributed by atoms with E-state index >= 15 is 0 Å². The second-order valence-electron chi connectivity index (χ2n) is 7.86. The maximum atomic E-state index is 13.3. The van der Waals surface area contributed by atoms with Crippen LogP contribution in [0.25, 0.3) is 0 Å². The Morgan fingerprint density at radius 1 is 1.12 bits per heavy atom. The number of benzene rings is 1. The number of hydrogen-bond acceptors (Lipinski definition) is 9. The Labute approximate surface area is 201 Å². The first-order valence-corrected chi connectivity index (χ1v) is 11.9. The van der Waals surface area contributed by atoms with Gasteiger partial charge in [-0.3, -0.25) is 14.5 Å². The third kappa shape index (κ3) is 6.36. The zero-order chi connectivity index (χ0) is 23.9. The number of hydrogen-bond donors (Lipinski definition) is 1. The van der Waals surface area contributed by atoms with Gasteiger partial charge in [0.25, 0.3) is 0 Å². The molecule has 178 valence electrons. The molecule has 8 nitrogen and oxygen atoms in total. The van der Waals surface area contributed by atoms with Crippen molar-refractivity contribution >= 4 is 39.7 Å². The quantitative estimate of drug-likeness (QED) is 0.365. The third-order valence-electron chi connectivity index (χ3n) is 5.38. The minimum absolute atomic E-state index is 0.0491. The van der Waals surface area contributed by atoms with E-state index in [9.17, 15) is 14.0 Å². The normalized spacial score (nSPS) is 14.1. The van der Waals surface area contributed by atoms with E-state index in [0.717, 1.165) is 37.6 Å². The van der Waals surface area contributed by atoms with E-state index in [1.54, 1.807) is 25.3 Å². The van der Waals surface area contributed by atoms with Crippen molar-refractivity contribution in [1.82, 2.24) is 14.9 Å². The van der Waals surface area contributed by atoms with Crippen LogP contribution in [0.2, 0.25) is 0 Å². The Kier molecular flexibility index (Phi) is 7.81. The molecule has 0 spiro atoms. The molecule has 1 fully saturated rings. The molecular formula is C24H26FN5O3S. The predicted octanol–water partition coefficient (Wildman–Crippen LogP) is 3.53. The van der Waals surface area contributed by atoms with Crippen molar-refractivity contribution in [1.29, 1.82) is 0 Å². The van der Waals surface area contributed by atoms with Crippen LogP contribution >= 0.6 is 11.3 Å². The summed E-state index contributed by atoms with van der Waals surface area (Å²) in [6.45, 7) is 5.58. The first-order chi connectivity index (χ1) is 16.5. The topological polar surface area (TPSA) is 87.7 Å². The van der Waals surface area contributed by atoms with Gasteiger partial charge in [0.05, 0.1) is 24.2 Å². The molecule has 1 N–H and O–H groups in total. The maximum absolute atomic E-state index is 13.3. The largest absolute Gasteiger partial charge is 0.465 e. The number of thiazole rings is 1. The van der Waals surface area contributed by atoms with Gasteiger partial charge in [-0.2, -0.15) is 0 Å². The number of rotatable bonds is 9. The lowest BCUT2D eigenvalue weighted by Gasteiger charge is -2.34. The number of anilines is 3.